The third-order valence-corrected chi connectivity index (χ3v) is 5.98. The van der Waals surface area contributed by atoms with Crippen LogP contribution < -0.4 is 27.8 Å². The smallest absolute Gasteiger partial charge is 0.246 e. The maximum absolute atomic E-state index is 13.0. The molecule has 1 saturated heterocycles. The van der Waals surface area contributed by atoms with Crippen LogP contribution >= 0.6 is 0 Å². The molecule has 2 aromatic carbocycles. The minimum Gasteiger partial charge on any atom is -0.343 e. The lowest BCUT2D eigenvalue weighted by atomic mass is 10.0. The highest BCUT2D eigenvalue weighted by molar-refractivity contribution is 5.98. The Morgan fingerprint density at radius 1 is 1.00 bits per heavy atom. The molecule has 182 valence electrons. The Morgan fingerprint density at radius 2 is 1.68 bits per heavy atom. The van der Waals surface area contributed by atoms with Crippen molar-refractivity contribution in [2.75, 3.05) is 18.4 Å². The van der Waals surface area contributed by atoms with Gasteiger partial charge in [-0.2, -0.15) is 0 Å². The Bertz CT molecular complexity index is 989. The minimum atomic E-state index is -1.09. The molecule has 0 aliphatic carbocycles. The van der Waals surface area contributed by atoms with E-state index in [1.807, 2.05) is 55.5 Å². The second-order valence-electron chi connectivity index (χ2n) is 8.88. The predicted octanol–water partition coefficient (Wildman–Crippen LogP) is 0.265. The summed E-state index contributed by atoms with van der Waals surface area (Å²) in [5.41, 5.74) is 20.5. The predicted molar refractivity (Wildman–Crippen MR) is 132 cm³/mol. The van der Waals surface area contributed by atoms with Crippen molar-refractivity contribution in [1.82, 2.24) is 10.2 Å². The van der Waals surface area contributed by atoms with E-state index in [1.54, 1.807) is 6.07 Å². The molecule has 9 nitrogen and oxygen atoms in total. The van der Waals surface area contributed by atoms with Gasteiger partial charge in [0.2, 0.25) is 17.7 Å². The van der Waals surface area contributed by atoms with Crippen LogP contribution in [0.2, 0.25) is 0 Å². The molecule has 1 fully saturated rings. The van der Waals surface area contributed by atoms with Gasteiger partial charge in [-0.25, -0.2) is 0 Å². The van der Waals surface area contributed by atoms with Crippen molar-refractivity contribution in [3.63, 3.8) is 0 Å². The molecule has 0 radical (unpaired) electrons. The summed E-state index contributed by atoms with van der Waals surface area (Å²) in [6, 6.07) is 14.6. The molecular formula is C25H34N6O3. The van der Waals surface area contributed by atoms with E-state index in [-0.39, 0.29) is 30.3 Å². The Balaban J connectivity index is 1.63. The topological polar surface area (TPSA) is 157 Å². The number of carbonyl (C=O) groups excluding carboxylic acids is 3. The van der Waals surface area contributed by atoms with Crippen molar-refractivity contribution in [2.24, 2.45) is 17.2 Å². The van der Waals surface area contributed by atoms with Gasteiger partial charge in [0, 0.05) is 30.9 Å². The number of carbonyl (C=O) groups is 3. The molecule has 9 heteroatoms. The molecule has 0 bridgehead atoms. The number of rotatable bonds is 9. The van der Waals surface area contributed by atoms with E-state index in [4.69, 9.17) is 17.2 Å². The molecule has 4 atom stereocenters. The third-order valence-electron chi connectivity index (χ3n) is 5.98. The lowest BCUT2D eigenvalue weighted by Gasteiger charge is -2.22. The number of benzene rings is 2. The van der Waals surface area contributed by atoms with Gasteiger partial charge in [0.15, 0.2) is 0 Å². The highest BCUT2D eigenvalue weighted by Crippen LogP contribution is 2.13. The fourth-order valence-corrected chi connectivity index (χ4v) is 3.92. The average molecular weight is 467 g/mol. The number of nitrogens with zero attached hydrogens (tertiary/aromatic N) is 1. The first-order valence-electron chi connectivity index (χ1n) is 11.5. The molecule has 1 aliphatic heterocycles. The lowest BCUT2D eigenvalue weighted by molar-refractivity contribution is -0.134. The zero-order valence-corrected chi connectivity index (χ0v) is 19.4. The maximum Gasteiger partial charge on any atom is 0.246 e. The van der Waals surface area contributed by atoms with E-state index in [0.717, 1.165) is 11.1 Å². The second-order valence-corrected chi connectivity index (χ2v) is 8.88. The first-order chi connectivity index (χ1) is 16.2. The van der Waals surface area contributed by atoms with Crippen LogP contribution in [-0.2, 0) is 20.8 Å². The van der Waals surface area contributed by atoms with E-state index in [2.05, 4.69) is 10.6 Å². The molecule has 8 N–H and O–H groups in total. The van der Waals surface area contributed by atoms with Gasteiger partial charge in [0.05, 0.1) is 12.5 Å². The van der Waals surface area contributed by atoms with Crippen LogP contribution in [0.1, 0.15) is 24.0 Å². The van der Waals surface area contributed by atoms with Gasteiger partial charge < -0.3 is 32.7 Å². The number of aryl methyl sites for hydroxylation is 2. The number of nitrogens with one attached hydrogen (secondary N) is 2. The number of anilines is 1. The van der Waals surface area contributed by atoms with Crippen molar-refractivity contribution in [3.05, 3.63) is 65.7 Å². The van der Waals surface area contributed by atoms with Crippen LogP contribution in [0.5, 0.6) is 0 Å². The molecule has 3 amide bonds. The quantitative estimate of drug-likeness (QED) is 0.357. The van der Waals surface area contributed by atoms with Crippen LogP contribution in [-0.4, -0.2) is 59.9 Å². The summed E-state index contributed by atoms with van der Waals surface area (Å²) in [7, 11) is 0. The first kappa shape index (κ1) is 25.4. The largest absolute Gasteiger partial charge is 0.343 e. The van der Waals surface area contributed by atoms with Gasteiger partial charge in [-0.3, -0.25) is 14.4 Å². The second kappa shape index (κ2) is 11.7. The van der Waals surface area contributed by atoms with Crippen molar-refractivity contribution in [2.45, 2.75) is 50.4 Å². The van der Waals surface area contributed by atoms with Crippen molar-refractivity contribution in [1.29, 1.82) is 0 Å². The standard InChI is InChI=1S/C25H34N6O3/c1-16-6-5-9-18(12-16)29-25(34)22(11-10-17-7-3-2-4-8-17)30-24(33)19(26)13-23(32)31-14-20(27)21(28)15-31/h2-9,12,19-22H,10-11,13-15,26-28H2,1H3,(H,29,34)(H,30,33)/t19-,20-,21+,22-/m0/s1. The summed E-state index contributed by atoms with van der Waals surface area (Å²) in [6.45, 7) is 2.61. The van der Waals surface area contributed by atoms with Crippen LogP contribution in [0.3, 0.4) is 0 Å². The molecular weight excluding hydrogens is 432 g/mol. The van der Waals surface area contributed by atoms with E-state index in [9.17, 15) is 14.4 Å². The van der Waals surface area contributed by atoms with E-state index < -0.39 is 18.0 Å². The summed E-state index contributed by atoms with van der Waals surface area (Å²) in [4.78, 5) is 39.9. The molecule has 1 aliphatic rings. The molecule has 0 spiro atoms. The van der Waals surface area contributed by atoms with E-state index in [1.165, 1.54) is 4.90 Å². The van der Waals surface area contributed by atoms with Crippen LogP contribution in [0.4, 0.5) is 5.69 Å². The molecule has 34 heavy (non-hydrogen) atoms. The molecule has 3 rings (SSSR count). The van der Waals surface area contributed by atoms with Crippen molar-refractivity contribution in [3.8, 4) is 0 Å². The molecule has 0 unspecified atom stereocenters. The number of nitrogens with two attached hydrogens (primary N) is 3. The fraction of sp³-hybridized carbons (Fsp3) is 0.400. The van der Waals surface area contributed by atoms with Crippen molar-refractivity contribution < 1.29 is 14.4 Å². The normalized spacial score (nSPS) is 19.4. The van der Waals surface area contributed by atoms with Crippen LogP contribution in [0, 0.1) is 6.92 Å². The van der Waals surface area contributed by atoms with Gasteiger partial charge in [-0.1, -0.05) is 42.5 Å². The lowest BCUT2D eigenvalue weighted by Crippen LogP contribution is -2.51. The summed E-state index contributed by atoms with van der Waals surface area (Å²) in [5, 5.41) is 5.60. The first-order valence-corrected chi connectivity index (χ1v) is 11.5. The highest BCUT2D eigenvalue weighted by atomic mass is 16.2. The number of likely N-dealkylation sites (tertiary alicyclic amines) is 1. The molecule has 0 aromatic heterocycles. The van der Waals surface area contributed by atoms with Gasteiger partial charge >= 0.3 is 0 Å². The Kier molecular flexibility index (Phi) is 8.75. The van der Waals surface area contributed by atoms with Crippen molar-refractivity contribution >= 4 is 23.4 Å². The van der Waals surface area contributed by atoms with Gasteiger partial charge in [-0.15, -0.1) is 0 Å². The SMILES string of the molecule is Cc1cccc(NC(=O)[C@H](CCc2ccccc2)NC(=O)[C@@H](N)CC(=O)N2C[C@@H](N)[C@@H](N)C2)c1. The van der Waals surface area contributed by atoms with Gasteiger partial charge in [0.25, 0.3) is 0 Å². The maximum atomic E-state index is 13.0. The van der Waals surface area contributed by atoms with Crippen LogP contribution in [0.25, 0.3) is 0 Å². The Morgan fingerprint density at radius 3 is 2.32 bits per heavy atom. The van der Waals surface area contributed by atoms with Gasteiger partial charge in [0.1, 0.15) is 6.04 Å². The monoisotopic (exact) mass is 466 g/mol. The summed E-state index contributed by atoms with van der Waals surface area (Å²) < 4.78 is 0. The Hall–Kier alpha value is -3.27. The number of hydrogen-bond donors (Lipinski definition) is 5. The highest BCUT2D eigenvalue weighted by Gasteiger charge is 2.32. The summed E-state index contributed by atoms with van der Waals surface area (Å²) in [6.07, 6.45) is 0.783. The molecule has 0 saturated carbocycles. The Labute approximate surface area is 200 Å². The summed E-state index contributed by atoms with van der Waals surface area (Å²) >= 11 is 0. The van der Waals surface area contributed by atoms with E-state index in [0.29, 0.717) is 31.6 Å². The fourth-order valence-electron chi connectivity index (χ4n) is 3.92. The number of amides is 3. The van der Waals surface area contributed by atoms with Gasteiger partial charge in [-0.05, 0) is 43.0 Å². The molecule has 1 heterocycles. The van der Waals surface area contributed by atoms with Crippen LogP contribution in [0.15, 0.2) is 54.6 Å². The summed E-state index contributed by atoms with van der Waals surface area (Å²) in [5.74, 6) is -1.18. The van der Waals surface area contributed by atoms with E-state index >= 15 is 0 Å². The zero-order chi connectivity index (χ0) is 24.7. The number of hydrogen-bond acceptors (Lipinski definition) is 6. The zero-order valence-electron chi connectivity index (χ0n) is 19.4. The minimum absolute atomic E-state index is 0.184. The average Bonchev–Trinajstić information content (AvgIpc) is 3.15. The molecule has 2 aromatic rings. The third kappa shape index (κ3) is 7.11.